The molecule has 0 bridgehead atoms. The first-order valence-corrected chi connectivity index (χ1v) is 11.0. The van der Waals surface area contributed by atoms with Crippen molar-refractivity contribution in [2.45, 2.75) is 53.1 Å². The summed E-state index contributed by atoms with van der Waals surface area (Å²) in [5.41, 5.74) is 2.64. The van der Waals surface area contributed by atoms with E-state index in [1.807, 2.05) is 52.0 Å². The van der Waals surface area contributed by atoms with E-state index in [0.717, 1.165) is 11.1 Å². The van der Waals surface area contributed by atoms with Gasteiger partial charge in [-0.3, -0.25) is 9.59 Å². The molecule has 0 unspecified atom stereocenters. The minimum absolute atomic E-state index is 0.136. The van der Waals surface area contributed by atoms with Gasteiger partial charge in [-0.2, -0.15) is 0 Å². The number of amides is 2. The molecule has 1 N–H and O–H groups in total. The van der Waals surface area contributed by atoms with E-state index in [1.54, 1.807) is 23.1 Å². The summed E-state index contributed by atoms with van der Waals surface area (Å²) < 4.78 is 0. The maximum Gasteiger partial charge on any atom is 0.242 e. The molecule has 0 heterocycles. The standard InChI is InChI=1S/C24H30Cl2N2O2/c1-5-22(24(30)27-14-16(2)3)28(15-19-20(25)10-7-11-21(19)26)23(29)13-18-9-6-8-17(4)12-18/h6-12,16,22H,5,13-15H2,1-4H3,(H,27,30)/t22-/m1/s1. The van der Waals surface area contributed by atoms with Gasteiger partial charge in [-0.05, 0) is 37.0 Å². The molecule has 2 rings (SSSR count). The Morgan fingerprint density at radius 1 is 1.07 bits per heavy atom. The Morgan fingerprint density at radius 2 is 1.70 bits per heavy atom. The number of carbonyl (C=O) groups is 2. The van der Waals surface area contributed by atoms with Crippen LogP contribution in [0, 0.1) is 12.8 Å². The molecule has 0 aromatic heterocycles. The van der Waals surface area contributed by atoms with Crippen molar-refractivity contribution in [3.05, 3.63) is 69.2 Å². The quantitative estimate of drug-likeness (QED) is 0.556. The number of halogens is 2. The fraction of sp³-hybridized carbons (Fsp3) is 0.417. The summed E-state index contributed by atoms with van der Waals surface area (Å²) in [6.07, 6.45) is 0.698. The molecule has 2 amide bonds. The van der Waals surface area contributed by atoms with Crippen molar-refractivity contribution in [1.82, 2.24) is 10.2 Å². The molecule has 6 heteroatoms. The lowest BCUT2D eigenvalue weighted by molar-refractivity contribution is -0.141. The van der Waals surface area contributed by atoms with E-state index in [1.165, 1.54) is 0 Å². The van der Waals surface area contributed by atoms with Gasteiger partial charge in [0.1, 0.15) is 6.04 Å². The average molecular weight is 449 g/mol. The van der Waals surface area contributed by atoms with Gasteiger partial charge in [-0.25, -0.2) is 0 Å². The molecule has 0 radical (unpaired) electrons. The van der Waals surface area contributed by atoms with Crippen LogP contribution in [0.4, 0.5) is 0 Å². The van der Waals surface area contributed by atoms with E-state index < -0.39 is 6.04 Å². The Morgan fingerprint density at radius 3 is 2.27 bits per heavy atom. The van der Waals surface area contributed by atoms with Crippen molar-refractivity contribution in [2.24, 2.45) is 5.92 Å². The molecule has 0 fully saturated rings. The van der Waals surface area contributed by atoms with Crippen LogP contribution < -0.4 is 5.32 Å². The summed E-state index contributed by atoms with van der Waals surface area (Å²) in [5, 5.41) is 3.92. The molecular formula is C24H30Cl2N2O2. The molecule has 4 nitrogen and oxygen atoms in total. The molecule has 0 spiro atoms. The predicted molar refractivity (Wildman–Crippen MR) is 124 cm³/mol. The van der Waals surface area contributed by atoms with Gasteiger partial charge in [-0.15, -0.1) is 0 Å². The number of hydrogen-bond donors (Lipinski definition) is 1. The molecule has 2 aromatic carbocycles. The third kappa shape index (κ3) is 6.75. The van der Waals surface area contributed by atoms with Crippen LogP contribution in [0.1, 0.15) is 43.9 Å². The number of nitrogens with one attached hydrogen (secondary N) is 1. The zero-order valence-electron chi connectivity index (χ0n) is 18.0. The number of nitrogens with zero attached hydrogens (tertiary/aromatic N) is 1. The highest BCUT2D eigenvalue weighted by atomic mass is 35.5. The Bertz CT molecular complexity index is 863. The van der Waals surface area contributed by atoms with Crippen molar-refractivity contribution in [2.75, 3.05) is 6.54 Å². The second kappa shape index (κ2) is 11.4. The van der Waals surface area contributed by atoms with Crippen LogP contribution in [0.2, 0.25) is 10.0 Å². The smallest absolute Gasteiger partial charge is 0.242 e. The van der Waals surface area contributed by atoms with Crippen molar-refractivity contribution in [3.8, 4) is 0 Å². The minimum atomic E-state index is -0.603. The molecular weight excluding hydrogens is 419 g/mol. The van der Waals surface area contributed by atoms with Crippen molar-refractivity contribution in [3.63, 3.8) is 0 Å². The first-order valence-electron chi connectivity index (χ1n) is 10.3. The average Bonchev–Trinajstić information content (AvgIpc) is 2.68. The van der Waals surface area contributed by atoms with Gasteiger partial charge < -0.3 is 10.2 Å². The molecule has 0 aliphatic rings. The third-order valence-electron chi connectivity index (χ3n) is 4.90. The highest BCUT2D eigenvalue weighted by Gasteiger charge is 2.29. The minimum Gasteiger partial charge on any atom is -0.354 e. The monoisotopic (exact) mass is 448 g/mol. The van der Waals surface area contributed by atoms with Crippen molar-refractivity contribution in [1.29, 1.82) is 0 Å². The topological polar surface area (TPSA) is 49.4 Å². The maximum atomic E-state index is 13.4. The van der Waals surface area contributed by atoms with E-state index in [2.05, 4.69) is 5.32 Å². The van der Waals surface area contributed by atoms with E-state index in [0.29, 0.717) is 34.5 Å². The zero-order valence-corrected chi connectivity index (χ0v) is 19.6. The maximum absolute atomic E-state index is 13.4. The van der Waals surface area contributed by atoms with E-state index >= 15 is 0 Å². The lowest BCUT2D eigenvalue weighted by Gasteiger charge is -2.31. The fourth-order valence-electron chi connectivity index (χ4n) is 3.29. The summed E-state index contributed by atoms with van der Waals surface area (Å²) in [7, 11) is 0. The third-order valence-corrected chi connectivity index (χ3v) is 5.61. The van der Waals surface area contributed by atoms with Gasteiger partial charge >= 0.3 is 0 Å². The van der Waals surface area contributed by atoms with Crippen LogP contribution >= 0.6 is 23.2 Å². The first kappa shape index (κ1) is 24.2. The molecule has 1 atom stereocenters. The number of carbonyl (C=O) groups excluding carboxylic acids is 2. The molecule has 0 aliphatic heterocycles. The Hall–Kier alpha value is -2.04. The number of benzene rings is 2. The summed E-state index contributed by atoms with van der Waals surface area (Å²) in [6, 6.07) is 12.5. The predicted octanol–water partition coefficient (Wildman–Crippen LogP) is 5.42. The number of rotatable bonds is 9. The number of hydrogen-bond acceptors (Lipinski definition) is 2. The molecule has 2 aromatic rings. The second-order valence-corrected chi connectivity index (χ2v) is 8.77. The molecule has 0 saturated heterocycles. The van der Waals surface area contributed by atoms with Gasteiger partial charge in [0, 0.05) is 28.7 Å². The largest absolute Gasteiger partial charge is 0.354 e. The van der Waals surface area contributed by atoms with E-state index in [4.69, 9.17) is 23.2 Å². The van der Waals surface area contributed by atoms with E-state index in [-0.39, 0.29) is 24.8 Å². The molecule has 0 aliphatic carbocycles. The van der Waals surface area contributed by atoms with E-state index in [9.17, 15) is 9.59 Å². The number of aryl methyl sites for hydroxylation is 1. The van der Waals surface area contributed by atoms with Crippen LogP contribution in [-0.4, -0.2) is 29.3 Å². The van der Waals surface area contributed by atoms with Crippen LogP contribution in [-0.2, 0) is 22.6 Å². The highest BCUT2D eigenvalue weighted by Crippen LogP contribution is 2.27. The van der Waals surface area contributed by atoms with Crippen molar-refractivity contribution < 1.29 is 9.59 Å². The zero-order chi connectivity index (χ0) is 22.3. The van der Waals surface area contributed by atoms with Gasteiger partial charge in [0.25, 0.3) is 0 Å². The van der Waals surface area contributed by atoms with Crippen LogP contribution in [0.5, 0.6) is 0 Å². The summed E-state index contributed by atoms with van der Waals surface area (Å²) >= 11 is 12.7. The SMILES string of the molecule is CC[C@H](C(=O)NCC(C)C)N(Cc1c(Cl)cccc1Cl)C(=O)Cc1cccc(C)c1. The molecule has 162 valence electrons. The fourth-order valence-corrected chi connectivity index (χ4v) is 3.81. The molecule has 30 heavy (non-hydrogen) atoms. The normalized spacial score (nSPS) is 12.0. The first-order chi connectivity index (χ1) is 14.2. The Balaban J connectivity index is 2.34. The van der Waals surface area contributed by atoms with Gasteiger partial charge in [0.05, 0.1) is 6.42 Å². The van der Waals surface area contributed by atoms with Gasteiger partial charge in [0.2, 0.25) is 11.8 Å². The van der Waals surface area contributed by atoms with Crippen molar-refractivity contribution >= 4 is 35.0 Å². The van der Waals surface area contributed by atoms with Crippen LogP contribution in [0.25, 0.3) is 0 Å². The summed E-state index contributed by atoms with van der Waals surface area (Å²) in [4.78, 5) is 27.9. The van der Waals surface area contributed by atoms with Crippen LogP contribution in [0.15, 0.2) is 42.5 Å². The Labute approximate surface area is 189 Å². The summed E-state index contributed by atoms with van der Waals surface area (Å²) in [6.45, 7) is 8.69. The van der Waals surface area contributed by atoms with Crippen LogP contribution in [0.3, 0.4) is 0 Å². The lowest BCUT2D eigenvalue weighted by atomic mass is 10.0. The van der Waals surface area contributed by atoms with Gasteiger partial charge in [-0.1, -0.05) is 79.9 Å². The Kier molecular flexibility index (Phi) is 9.19. The second-order valence-electron chi connectivity index (χ2n) is 7.95. The lowest BCUT2D eigenvalue weighted by Crippen LogP contribution is -2.50. The van der Waals surface area contributed by atoms with Gasteiger partial charge in [0.15, 0.2) is 0 Å². The highest BCUT2D eigenvalue weighted by molar-refractivity contribution is 6.36. The summed E-state index contributed by atoms with van der Waals surface area (Å²) in [5.74, 6) is 0.0241. The molecule has 0 saturated carbocycles.